The van der Waals surface area contributed by atoms with Gasteiger partial charge in [0.25, 0.3) is 0 Å². The van der Waals surface area contributed by atoms with Gasteiger partial charge in [-0.25, -0.2) is 0 Å². The van der Waals surface area contributed by atoms with Crippen molar-refractivity contribution in [2.24, 2.45) is 0 Å². The minimum Gasteiger partial charge on any atom is -0.381 e. The Kier molecular flexibility index (Phi) is 5.02. The van der Waals surface area contributed by atoms with Gasteiger partial charge in [-0.1, -0.05) is 30.3 Å². The van der Waals surface area contributed by atoms with Crippen molar-refractivity contribution in [1.82, 2.24) is 9.80 Å². The number of benzene rings is 1. The molecular formula is C19H28N2O2. The van der Waals surface area contributed by atoms with Crippen molar-refractivity contribution in [1.29, 1.82) is 0 Å². The fraction of sp³-hybridized carbons (Fsp3) is 0.632. The van der Waals surface area contributed by atoms with Crippen molar-refractivity contribution in [2.75, 3.05) is 39.4 Å². The predicted octanol–water partition coefficient (Wildman–Crippen LogP) is 2.29. The molecule has 0 N–H and O–H groups in total. The molecule has 0 aromatic heterocycles. The molecule has 0 saturated carbocycles. The van der Waals surface area contributed by atoms with Crippen LogP contribution in [0.25, 0.3) is 0 Å². The Balaban J connectivity index is 1.79. The van der Waals surface area contributed by atoms with E-state index in [1.165, 1.54) is 0 Å². The minimum atomic E-state index is -0.389. The molecule has 2 heterocycles. The van der Waals surface area contributed by atoms with Gasteiger partial charge in [0, 0.05) is 45.4 Å². The van der Waals surface area contributed by atoms with Gasteiger partial charge in [0.1, 0.15) is 0 Å². The highest BCUT2D eigenvalue weighted by Crippen LogP contribution is 2.37. The van der Waals surface area contributed by atoms with Crippen molar-refractivity contribution in [3.8, 4) is 0 Å². The zero-order chi connectivity index (χ0) is 16.3. The second kappa shape index (κ2) is 7.02. The first kappa shape index (κ1) is 16.5. The SMILES string of the molecule is CC(C)N1CCN(C(=O)C2(c3ccccc3)CCOCC2)CC1. The molecule has 0 atom stereocenters. The maximum absolute atomic E-state index is 13.4. The average Bonchev–Trinajstić information content (AvgIpc) is 2.62. The fourth-order valence-corrected chi connectivity index (χ4v) is 3.85. The summed E-state index contributed by atoms with van der Waals surface area (Å²) in [6.07, 6.45) is 1.58. The number of hydrogen-bond acceptors (Lipinski definition) is 3. The van der Waals surface area contributed by atoms with Gasteiger partial charge in [-0.3, -0.25) is 9.69 Å². The largest absolute Gasteiger partial charge is 0.381 e. The van der Waals surface area contributed by atoms with E-state index in [0.29, 0.717) is 25.2 Å². The smallest absolute Gasteiger partial charge is 0.233 e. The monoisotopic (exact) mass is 316 g/mol. The van der Waals surface area contributed by atoms with E-state index in [0.717, 1.165) is 44.6 Å². The molecule has 0 spiro atoms. The summed E-state index contributed by atoms with van der Waals surface area (Å²) >= 11 is 0. The van der Waals surface area contributed by atoms with Crippen molar-refractivity contribution in [3.05, 3.63) is 35.9 Å². The van der Waals surface area contributed by atoms with Crippen molar-refractivity contribution >= 4 is 5.91 Å². The van der Waals surface area contributed by atoms with E-state index in [9.17, 15) is 4.79 Å². The number of ether oxygens (including phenoxy) is 1. The van der Waals surface area contributed by atoms with Crippen molar-refractivity contribution < 1.29 is 9.53 Å². The van der Waals surface area contributed by atoms with E-state index in [2.05, 4.69) is 35.8 Å². The summed E-state index contributed by atoms with van der Waals surface area (Å²) in [5, 5.41) is 0. The van der Waals surface area contributed by atoms with Crippen LogP contribution in [0.2, 0.25) is 0 Å². The number of piperazine rings is 1. The standard InChI is InChI=1S/C19H28N2O2/c1-16(2)20-10-12-21(13-11-20)18(22)19(8-14-23-15-9-19)17-6-4-3-5-7-17/h3-7,16H,8-15H2,1-2H3. The third-order valence-corrected chi connectivity index (χ3v) is 5.41. The molecule has 0 unspecified atom stereocenters. The highest BCUT2D eigenvalue weighted by molar-refractivity contribution is 5.88. The quantitative estimate of drug-likeness (QED) is 0.858. The summed E-state index contributed by atoms with van der Waals surface area (Å²) in [6, 6.07) is 10.9. The molecule has 2 saturated heterocycles. The Hall–Kier alpha value is -1.39. The molecule has 4 heteroatoms. The van der Waals surface area contributed by atoms with Crippen molar-refractivity contribution in [3.63, 3.8) is 0 Å². The molecule has 1 aromatic carbocycles. The number of carbonyl (C=O) groups excluding carboxylic acids is 1. The van der Waals surface area contributed by atoms with Crippen LogP contribution in [0, 0.1) is 0 Å². The molecule has 2 fully saturated rings. The first-order valence-corrected chi connectivity index (χ1v) is 8.80. The summed E-state index contributed by atoms with van der Waals surface area (Å²) in [5.74, 6) is 0.301. The van der Waals surface area contributed by atoms with Crippen LogP contribution in [0.3, 0.4) is 0 Å². The summed E-state index contributed by atoms with van der Waals surface area (Å²) in [4.78, 5) is 17.9. The molecule has 0 aliphatic carbocycles. The average molecular weight is 316 g/mol. The van der Waals surface area contributed by atoms with Crippen LogP contribution < -0.4 is 0 Å². The first-order chi connectivity index (χ1) is 11.1. The molecular weight excluding hydrogens is 288 g/mol. The lowest BCUT2D eigenvalue weighted by atomic mass is 9.73. The summed E-state index contributed by atoms with van der Waals surface area (Å²) < 4.78 is 5.55. The Labute approximate surface area is 139 Å². The molecule has 1 amide bonds. The third kappa shape index (κ3) is 3.29. The number of rotatable bonds is 3. The van der Waals surface area contributed by atoms with Gasteiger partial charge in [0.15, 0.2) is 0 Å². The highest BCUT2D eigenvalue weighted by atomic mass is 16.5. The molecule has 2 aliphatic rings. The normalized spacial score (nSPS) is 22.3. The highest BCUT2D eigenvalue weighted by Gasteiger charge is 2.44. The molecule has 1 aromatic rings. The molecule has 4 nitrogen and oxygen atoms in total. The topological polar surface area (TPSA) is 32.8 Å². The first-order valence-electron chi connectivity index (χ1n) is 8.80. The van der Waals surface area contributed by atoms with Crippen LogP contribution in [-0.4, -0.2) is 61.1 Å². The van der Waals surface area contributed by atoms with Crippen LogP contribution in [0.5, 0.6) is 0 Å². The zero-order valence-corrected chi connectivity index (χ0v) is 14.3. The third-order valence-electron chi connectivity index (χ3n) is 5.41. The Morgan fingerprint density at radius 3 is 2.22 bits per heavy atom. The van der Waals surface area contributed by atoms with Crippen LogP contribution >= 0.6 is 0 Å². The molecule has 3 rings (SSSR count). The zero-order valence-electron chi connectivity index (χ0n) is 14.3. The molecule has 0 bridgehead atoms. The summed E-state index contributed by atoms with van der Waals surface area (Å²) in [7, 11) is 0. The molecule has 0 radical (unpaired) electrons. The van der Waals surface area contributed by atoms with E-state index in [1.807, 2.05) is 18.2 Å². The number of carbonyl (C=O) groups is 1. The van der Waals surface area contributed by atoms with Gasteiger partial charge in [0.2, 0.25) is 5.91 Å². The van der Waals surface area contributed by atoms with Crippen LogP contribution in [0.4, 0.5) is 0 Å². The lowest BCUT2D eigenvalue weighted by Gasteiger charge is -2.43. The lowest BCUT2D eigenvalue weighted by molar-refractivity contribution is -0.143. The van der Waals surface area contributed by atoms with Gasteiger partial charge in [-0.05, 0) is 32.3 Å². The van der Waals surface area contributed by atoms with Gasteiger partial charge in [-0.2, -0.15) is 0 Å². The number of amides is 1. The van der Waals surface area contributed by atoms with Crippen LogP contribution in [-0.2, 0) is 14.9 Å². The summed E-state index contributed by atoms with van der Waals surface area (Å²) in [6.45, 7) is 9.43. The fourth-order valence-electron chi connectivity index (χ4n) is 3.85. The van der Waals surface area contributed by atoms with E-state index in [-0.39, 0.29) is 5.41 Å². The maximum Gasteiger partial charge on any atom is 0.233 e. The molecule has 2 aliphatic heterocycles. The maximum atomic E-state index is 13.4. The summed E-state index contributed by atoms with van der Waals surface area (Å²) in [5.41, 5.74) is 0.763. The van der Waals surface area contributed by atoms with E-state index < -0.39 is 0 Å². The van der Waals surface area contributed by atoms with E-state index in [1.54, 1.807) is 0 Å². The molecule has 23 heavy (non-hydrogen) atoms. The van der Waals surface area contributed by atoms with Crippen LogP contribution in [0.15, 0.2) is 30.3 Å². The van der Waals surface area contributed by atoms with Crippen molar-refractivity contribution in [2.45, 2.75) is 38.1 Å². The van der Waals surface area contributed by atoms with E-state index >= 15 is 0 Å². The Morgan fingerprint density at radius 1 is 1.04 bits per heavy atom. The van der Waals surface area contributed by atoms with Gasteiger partial charge < -0.3 is 9.64 Å². The number of nitrogens with zero attached hydrogens (tertiary/aromatic N) is 2. The van der Waals surface area contributed by atoms with Crippen LogP contribution in [0.1, 0.15) is 32.3 Å². The minimum absolute atomic E-state index is 0.301. The molecule has 126 valence electrons. The number of hydrogen-bond donors (Lipinski definition) is 0. The second-order valence-electron chi connectivity index (χ2n) is 6.98. The van der Waals surface area contributed by atoms with Gasteiger partial charge in [0.05, 0.1) is 5.41 Å². The van der Waals surface area contributed by atoms with Gasteiger partial charge >= 0.3 is 0 Å². The Morgan fingerprint density at radius 2 is 1.65 bits per heavy atom. The lowest BCUT2D eigenvalue weighted by Crippen LogP contribution is -2.56. The Bertz CT molecular complexity index is 515. The predicted molar refractivity (Wildman–Crippen MR) is 91.5 cm³/mol. The van der Waals surface area contributed by atoms with Gasteiger partial charge in [-0.15, -0.1) is 0 Å². The van der Waals surface area contributed by atoms with E-state index in [4.69, 9.17) is 4.74 Å². The second-order valence-corrected chi connectivity index (χ2v) is 6.98.